The van der Waals surface area contributed by atoms with Crippen LogP contribution in [0.25, 0.3) is 11.2 Å². The van der Waals surface area contributed by atoms with Crippen molar-refractivity contribution in [3.63, 3.8) is 0 Å². The van der Waals surface area contributed by atoms with Gasteiger partial charge in [-0.2, -0.15) is 0 Å². The zero-order chi connectivity index (χ0) is 12.8. The summed E-state index contributed by atoms with van der Waals surface area (Å²) in [6.07, 6.45) is 7.00. The molecule has 2 aromatic rings. The van der Waals surface area contributed by atoms with E-state index in [1.807, 2.05) is 0 Å². The van der Waals surface area contributed by atoms with Crippen LogP contribution in [0, 0.1) is 11.8 Å². The second kappa shape index (κ2) is 4.16. The monoisotopic (exact) mass is 258 g/mol. The van der Waals surface area contributed by atoms with Gasteiger partial charge in [0.1, 0.15) is 11.8 Å². The number of imidazole rings is 1. The van der Waals surface area contributed by atoms with Crippen LogP contribution in [0.15, 0.2) is 12.7 Å². The Bertz CT molecular complexity index is 594. The van der Waals surface area contributed by atoms with Crippen molar-refractivity contribution in [1.29, 1.82) is 0 Å². The van der Waals surface area contributed by atoms with E-state index in [0.29, 0.717) is 12.0 Å². The van der Waals surface area contributed by atoms with E-state index in [4.69, 9.17) is 5.73 Å². The third-order valence-electron chi connectivity index (χ3n) is 4.66. The summed E-state index contributed by atoms with van der Waals surface area (Å²) in [6.45, 7) is 2.07. The van der Waals surface area contributed by atoms with Gasteiger partial charge in [-0.25, -0.2) is 15.0 Å². The highest BCUT2D eigenvalue weighted by atomic mass is 15.2. The van der Waals surface area contributed by atoms with Crippen LogP contribution in [0.4, 0.5) is 5.82 Å². The van der Waals surface area contributed by atoms with Gasteiger partial charge in [-0.1, -0.05) is 6.42 Å². The molecule has 0 aromatic carbocycles. The molecular weight excluding hydrogens is 240 g/mol. The average Bonchev–Trinajstić information content (AvgIpc) is 3.05. The predicted molar refractivity (Wildman–Crippen MR) is 72.7 cm³/mol. The molecule has 2 aliphatic rings. The number of aromatic nitrogens is 4. The van der Waals surface area contributed by atoms with Gasteiger partial charge in [-0.05, 0) is 24.7 Å². The Balaban J connectivity index is 1.68. The third kappa shape index (κ3) is 1.70. The Labute approximate surface area is 111 Å². The number of aromatic amines is 1. The van der Waals surface area contributed by atoms with E-state index in [1.54, 1.807) is 12.7 Å². The normalized spacial score (nSPS) is 30.8. The number of anilines is 1. The topological polar surface area (TPSA) is 83.7 Å². The summed E-state index contributed by atoms with van der Waals surface area (Å²) in [6, 6.07) is 0.350. The lowest BCUT2D eigenvalue weighted by Gasteiger charge is -2.29. The first-order chi connectivity index (χ1) is 9.33. The minimum Gasteiger partial charge on any atom is -0.354 e. The molecule has 4 rings (SSSR count). The van der Waals surface area contributed by atoms with Crippen molar-refractivity contribution in [2.75, 3.05) is 18.0 Å². The number of nitrogens with two attached hydrogens (primary N) is 1. The maximum Gasteiger partial charge on any atom is 0.182 e. The maximum absolute atomic E-state index is 6.27. The van der Waals surface area contributed by atoms with E-state index in [0.717, 1.165) is 42.4 Å². The molecule has 1 aliphatic heterocycles. The second-order valence-corrected chi connectivity index (χ2v) is 5.72. The van der Waals surface area contributed by atoms with E-state index in [2.05, 4.69) is 24.8 Å². The smallest absolute Gasteiger partial charge is 0.182 e. The fourth-order valence-electron chi connectivity index (χ4n) is 3.68. The van der Waals surface area contributed by atoms with E-state index >= 15 is 0 Å². The lowest BCUT2D eigenvalue weighted by molar-refractivity contribution is 0.260. The summed E-state index contributed by atoms with van der Waals surface area (Å²) in [4.78, 5) is 18.3. The third-order valence-corrected chi connectivity index (χ3v) is 4.66. The first kappa shape index (κ1) is 11.2. The van der Waals surface area contributed by atoms with Gasteiger partial charge in [0.25, 0.3) is 0 Å². The Kier molecular flexibility index (Phi) is 2.44. The van der Waals surface area contributed by atoms with Gasteiger partial charge in [0.2, 0.25) is 0 Å². The zero-order valence-corrected chi connectivity index (χ0v) is 10.8. The Hall–Kier alpha value is -1.69. The lowest BCUT2D eigenvalue weighted by atomic mass is 9.78. The van der Waals surface area contributed by atoms with Crippen LogP contribution in [0.1, 0.15) is 19.3 Å². The number of nitrogens with zero attached hydrogens (tertiary/aromatic N) is 4. The maximum atomic E-state index is 6.27. The first-order valence-electron chi connectivity index (χ1n) is 6.97. The zero-order valence-electron chi connectivity index (χ0n) is 10.8. The molecule has 2 aromatic heterocycles. The van der Waals surface area contributed by atoms with Gasteiger partial charge in [0, 0.05) is 19.1 Å². The molecular formula is C13H18N6. The number of hydrogen-bond donors (Lipinski definition) is 2. The number of rotatable bonds is 1. The fraction of sp³-hybridized carbons (Fsp3) is 0.615. The van der Waals surface area contributed by atoms with Crippen molar-refractivity contribution < 1.29 is 0 Å². The van der Waals surface area contributed by atoms with E-state index < -0.39 is 0 Å². The van der Waals surface area contributed by atoms with Crippen LogP contribution in [-0.2, 0) is 0 Å². The quantitative estimate of drug-likeness (QED) is 0.794. The van der Waals surface area contributed by atoms with E-state index in [-0.39, 0.29) is 0 Å². The summed E-state index contributed by atoms with van der Waals surface area (Å²) in [7, 11) is 0. The van der Waals surface area contributed by atoms with Crippen molar-refractivity contribution in [1.82, 2.24) is 19.9 Å². The standard InChI is InChI=1S/C13H18N6/c14-10-3-1-2-8-4-19(5-9(8)10)13-11-12(16-6-15-11)17-7-18-13/h6-10H,1-5,14H2,(H,15,16,17,18). The second-order valence-electron chi connectivity index (χ2n) is 5.72. The van der Waals surface area contributed by atoms with Gasteiger partial charge in [-0.3, -0.25) is 0 Å². The lowest BCUT2D eigenvalue weighted by Crippen LogP contribution is -2.38. The summed E-state index contributed by atoms with van der Waals surface area (Å²) in [5.41, 5.74) is 7.95. The highest BCUT2D eigenvalue weighted by molar-refractivity contribution is 5.82. The summed E-state index contributed by atoms with van der Waals surface area (Å²) in [5.74, 6) is 2.31. The molecule has 3 N–H and O–H groups in total. The molecule has 0 spiro atoms. The van der Waals surface area contributed by atoms with E-state index in [9.17, 15) is 0 Å². The summed E-state index contributed by atoms with van der Waals surface area (Å²) in [5, 5.41) is 0. The molecule has 19 heavy (non-hydrogen) atoms. The molecule has 6 heteroatoms. The molecule has 0 amide bonds. The van der Waals surface area contributed by atoms with Crippen LogP contribution in [-0.4, -0.2) is 39.1 Å². The van der Waals surface area contributed by atoms with Crippen LogP contribution < -0.4 is 10.6 Å². The molecule has 0 radical (unpaired) electrons. The Morgan fingerprint density at radius 2 is 2.16 bits per heavy atom. The largest absolute Gasteiger partial charge is 0.354 e. The molecule has 3 unspecified atom stereocenters. The van der Waals surface area contributed by atoms with Crippen LogP contribution in [0.5, 0.6) is 0 Å². The predicted octanol–water partition coefficient (Wildman–Crippen LogP) is 0.916. The van der Waals surface area contributed by atoms with Gasteiger partial charge in [0.15, 0.2) is 11.5 Å². The van der Waals surface area contributed by atoms with Gasteiger partial charge in [0.05, 0.1) is 6.33 Å². The average molecular weight is 258 g/mol. The SMILES string of the molecule is NC1CCCC2CN(c3ncnc4nc[nH]c34)CC12. The van der Waals surface area contributed by atoms with Crippen molar-refractivity contribution in [2.45, 2.75) is 25.3 Å². The minimum atomic E-state index is 0.350. The molecule has 6 nitrogen and oxygen atoms in total. The molecule has 3 heterocycles. The summed E-state index contributed by atoms with van der Waals surface area (Å²) >= 11 is 0. The fourth-order valence-corrected chi connectivity index (χ4v) is 3.68. The molecule has 1 saturated carbocycles. The van der Waals surface area contributed by atoms with Crippen LogP contribution in [0.2, 0.25) is 0 Å². The number of nitrogens with one attached hydrogen (secondary N) is 1. The summed E-state index contributed by atoms with van der Waals surface area (Å²) < 4.78 is 0. The number of fused-ring (bicyclic) bond motifs is 2. The van der Waals surface area contributed by atoms with Crippen LogP contribution in [0.3, 0.4) is 0 Å². The van der Waals surface area contributed by atoms with Crippen molar-refractivity contribution in [2.24, 2.45) is 17.6 Å². The molecule has 1 aliphatic carbocycles. The molecule has 3 atom stereocenters. The first-order valence-corrected chi connectivity index (χ1v) is 6.97. The molecule has 0 bridgehead atoms. The Morgan fingerprint density at radius 3 is 3.05 bits per heavy atom. The highest BCUT2D eigenvalue weighted by Crippen LogP contribution is 2.37. The van der Waals surface area contributed by atoms with Crippen molar-refractivity contribution >= 4 is 17.0 Å². The molecule has 2 fully saturated rings. The minimum absolute atomic E-state index is 0.350. The van der Waals surface area contributed by atoms with Crippen molar-refractivity contribution in [3.8, 4) is 0 Å². The van der Waals surface area contributed by atoms with Crippen molar-refractivity contribution in [3.05, 3.63) is 12.7 Å². The van der Waals surface area contributed by atoms with Crippen LogP contribution >= 0.6 is 0 Å². The van der Waals surface area contributed by atoms with Gasteiger partial charge in [-0.15, -0.1) is 0 Å². The number of hydrogen-bond acceptors (Lipinski definition) is 5. The molecule has 1 saturated heterocycles. The van der Waals surface area contributed by atoms with E-state index in [1.165, 1.54) is 12.8 Å². The Morgan fingerprint density at radius 1 is 1.21 bits per heavy atom. The number of H-pyrrole nitrogens is 1. The van der Waals surface area contributed by atoms with Gasteiger partial charge < -0.3 is 15.6 Å². The highest BCUT2D eigenvalue weighted by Gasteiger charge is 2.39. The molecule has 100 valence electrons. The van der Waals surface area contributed by atoms with Gasteiger partial charge >= 0.3 is 0 Å².